The third kappa shape index (κ3) is 4.06. The summed E-state index contributed by atoms with van der Waals surface area (Å²) in [4.78, 5) is 40.1. The van der Waals surface area contributed by atoms with Gasteiger partial charge in [0, 0.05) is 17.7 Å². The first-order valence-electron chi connectivity index (χ1n) is 8.70. The Kier molecular flexibility index (Phi) is 4.90. The quantitative estimate of drug-likeness (QED) is 0.526. The van der Waals surface area contributed by atoms with E-state index in [0.717, 1.165) is 22.4 Å². The van der Waals surface area contributed by atoms with Crippen molar-refractivity contribution in [1.29, 1.82) is 0 Å². The zero-order valence-corrected chi connectivity index (χ0v) is 15.1. The average Bonchev–Trinajstić information content (AvgIpc) is 3.23. The van der Waals surface area contributed by atoms with E-state index in [-0.39, 0.29) is 12.2 Å². The second kappa shape index (κ2) is 7.81. The molecular formula is C21H15N3O5. The predicted molar refractivity (Wildman–Crippen MR) is 104 cm³/mol. The molecule has 0 unspecified atom stereocenters. The number of benzene rings is 2. The van der Waals surface area contributed by atoms with E-state index in [1.807, 2.05) is 30.3 Å². The molecule has 4 rings (SSSR count). The monoisotopic (exact) mass is 389 g/mol. The average molecular weight is 389 g/mol. The van der Waals surface area contributed by atoms with E-state index in [1.165, 1.54) is 12.3 Å². The fraction of sp³-hybridized carbons (Fsp3) is 0.0476. The minimum atomic E-state index is -0.595. The van der Waals surface area contributed by atoms with Crippen molar-refractivity contribution in [2.45, 2.75) is 6.61 Å². The molecule has 8 heteroatoms. The molecule has 0 aliphatic carbocycles. The van der Waals surface area contributed by atoms with Gasteiger partial charge in [-0.05, 0) is 30.3 Å². The Bertz CT molecular complexity index is 1270. The van der Waals surface area contributed by atoms with Gasteiger partial charge >= 0.3 is 5.97 Å². The molecule has 0 radical (unpaired) electrons. The van der Waals surface area contributed by atoms with Crippen LogP contribution in [0.15, 0.2) is 87.0 Å². The maximum Gasteiger partial charge on any atom is 0.338 e. The van der Waals surface area contributed by atoms with E-state index in [1.54, 1.807) is 18.2 Å². The molecule has 0 aliphatic heterocycles. The Labute approximate surface area is 164 Å². The summed E-state index contributed by atoms with van der Waals surface area (Å²) < 4.78 is 11.8. The topological polar surface area (TPSA) is 107 Å². The molecule has 2 aromatic heterocycles. The van der Waals surface area contributed by atoms with Gasteiger partial charge in [-0.15, -0.1) is 0 Å². The van der Waals surface area contributed by atoms with Crippen molar-refractivity contribution < 1.29 is 13.9 Å². The number of aromatic amines is 1. The second-order valence-electron chi connectivity index (χ2n) is 6.12. The van der Waals surface area contributed by atoms with Crippen molar-refractivity contribution >= 4 is 5.97 Å². The number of carbonyl (C=O) groups excluding carboxylic acids is 1. The maximum absolute atomic E-state index is 12.4. The summed E-state index contributed by atoms with van der Waals surface area (Å²) in [5, 5.41) is 2.41. The highest BCUT2D eigenvalue weighted by atomic mass is 16.5. The highest BCUT2D eigenvalue weighted by Crippen LogP contribution is 2.18. The normalized spacial score (nSPS) is 10.6. The number of hydrogen-bond donors (Lipinski definition) is 1. The molecule has 2 heterocycles. The zero-order valence-electron chi connectivity index (χ0n) is 15.1. The van der Waals surface area contributed by atoms with Gasteiger partial charge in [0.1, 0.15) is 18.6 Å². The Morgan fingerprint density at radius 1 is 1.03 bits per heavy atom. The summed E-state index contributed by atoms with van der Waals surface area (Å²) in [6.45, 7) is -0.0679. The SMILES string of the molecule is O=C(OCc1coc(-c2ccccc2)n1)c1cccc(-n2[nH]c(=O)ccc2=O)c1. The van der Waals surface area contributed by atoms with E-state index in [0.29, 0.717) is 17.3 Å². The molecule has 2 aromatic carbocycles. The number of aromatic nitrogens is 3. The lowest BCUT2D eigenvalue weighted by Crippen LogP contribution is -2.26. The van der Waals surface area contributed by atoms with Crippen molar-refractivity contribution in [2.75, 3.05) is 0 Å². The molecular weight excluding hydrogens is 374 g/mol. The number of nitrogens with zero attached hydrogens (tertiary/aromatic N) is 2. The Morgan fingerprint density at radius 3 is 2.69 bits per heavy atom. The van der Waals surface area contributed by atoms with Gasteiger partial charge in [0.05, 0.1) is 11.3 Å². The van der Waals surface area contributed by atoms with Crippen LogP contribution < -0.4 is 11.1 Å². The molecule has 8 nitrogen and oxygen atoms in total. The Hall–Kier alpha value is -4.20. The molecule has 0 saturated heterocycles. The van der Waals surface area contributed by atoms with Gasteiger partial charge in [0.15, 0.2) is 0 Å². The summed E-state index contributed by atoms with van der Waals surface area (Å²) in [5.74, 6) is -0.159. The lowest BCUT2D eigenvalue weighted by Gasteiger charge is -2.07. The smallest absolute Gasteiger partial charge is 0.338 e. The highest BCUT2D eigenvalue weighted by molar-refractivity contribution is 5.90. The van der Waals surface area contributed by atoms with E-state index in [4.69, 9.17) is 9.15 Å². The minimum Gasteiger partial charge on any atom is -0.455 e. The third-order valence-corrected chi connectivity index (χ3v) is 4.08. The van der Waals surface area contributed by atoms with Crippen LogP contribution in [0.3, 0.4) is 0 Å². The highest BCUT2D eigenvalue weighted by Gasteiger charge is 2.12. The molecule has 29 heavy (non-hydrogen) atoms. The number of nitrogens with one attached hydrogen (secondary N) is 1. The van der Waals surface area contributed by atoms with Crippen LogP contribution in [-0.2, 0) is 11.3 Å². The summed E-state index contributed by atoms with van der Waals surface area (Å²) in [6.07, 6.45) is 1.43. The van der Waals surface area contributed by atoms with E-state index >= 15 is 0 Å². The number of H-pyrrole nitrogens is 1. The van der Waals surface area contributed by atoms with Crippen molar-refractivity contribution in [3.8, 4) is 17.1 Å². The molecule has 144 valence electrons. The van der Waals surface area contributed by atoms with Crippen LogP contribution in [0.2, 0.25) is 0 Å². The fourth-order valence-electron chi connectivity index (χ4n) is 2.70. The Balaban J connectivity index is 1.48. The van der Waals surface area contributed by atoms with Crippen LogP contribution in [0.1, 0.15) is 16.1 Å². The van der Waals surface area contributed by atoms with Gasteiger partial charge in [-0.1, -0.05) is 24.3 Å². The first kappa shape index (κ1) is 18.2. The van der Waals surface area contributed by atoms with Gasteiger partial charge < -0.3 is 9.15 Å². The van der Waals surface area contributed by atoms with E-state index in [9.17, 15) is 14.4 Å². The van der Waals surface area contributed by atoms with Crippen molar-refractivity contribution in [2.24, 2.45) is 0 Å². The number of oxazole rings is 1. The van der Waals surface area contributed by atoms with Crippen LogP contribution in [0, 0.1) is 0 Å². The summed E-state index contributed by atoms with van der Waals surface area (Å²) in [7, 11) is 0. The van der Waals surface area contributed by atoms with Crippen LogP contribution >= 0.6 is 0 Å². The maximum atomic E-state index is 12.4. The second-order valence-corrected chi connectivity index (χ2v) is 6.12. The summed E-state index contributed by atoms with van der Waals surface area (Å²) >= 11 is 0. The summed E-state index contributed by atoms with van der Waals surface area (Å²) in [6, 6.07) is 17.8. The lowest BCUT2D eigenvalue weighted by molar-refractivity contribution is 0.0467. The van der Waals surface area contributed by atoms with Crippen molar-refractivity contribution in [1.82, 2.24) is 14.8 Å². The zero-order chi connectivity index (χ0) is 20.2. The standard InChI is InChI=1S/C21H15N3O5/c25-18-9-10-19(26)24(23-18)17-8-4-7-15(11-17)21(27)29-13-16-12-28-20(22-16)14-5-2-1-3-6-14/h1-12H,13H2,(H,23,25). The molecule has 0 saturated carbocycles. The first-order valence-corrected chi connectivity index (χ1v) is 8.70. The Morgan fingerprint density at radius 2 is 1.86 bits per heavy atom. The van der Waals surface area contributed by atoms with Crippen LogP contribution in [0.4, 0.5) is 0 Å². The lowest BCUT2D eigenvalue weighted by atomic mass is 10.2. The predicted octanol–water partition coefficient (Wildman–Crippen LogP) is 2.54. The van der Waals surface area contributed by atoms with Crippen LogP contribution in [0.5, 0.6) is 0 Å². The van der Waals surface area contributed by atoms with Gasteiger partial charge in [0.25, 0.3) is 11.1 Å². The van der Waals surface area contributed by atoms with Gasteiger partial charge in [-0.3, -0.25) is 14.7 Å². The minimum absolute atomic E-state index is 0.0679. The largest absolute Gasteiger partial charge is 0.455 e. The van der Waals surface area contributed by atoms with Crippen LogP contribution in [0.25, 0.3) is 17.1 Å². The van der Waals surface area contributed by atoms with E-state index < -0.39 is 17.1 Å². The van der Waals surface area contributed by atoms with Crippen molar-refractivity contribution in [3.63, 3.8) is 0 Å². The number of hydrogen-bond acceptors (Lipinski definition) is 6. The molecule has 1 N–H and O–H groups in total. The molecule has 0 aliphatic rings. The molecule has 0 spiro atoms. The van der Waals surface area contributed by atoms with Gasteiger partial charge in [-0.25, -0.2) is 14.5 Å². The number of rotatable bonds is 5. The third-order valence-electron chi connectivity index (χ3n) is 4.08. The molecule has 4 aromatic rings. The summed E-state index contributed by atoms with van der Waals surface area (Å²) in [5.41, 5.74) is 1.00. The van der Waals surface area contributed by atoms with Crippen LogP contribution in [-0.4, -0.2) is 20.7 Å². The fourth-order valence-corrected chi connectivity index (χ4v) is 2.70. The first-order chi connectivity index (χ1) is 14.1. The number of carbonyl (C=O) groups is 1. The molecule has 0 fully saturated rings. The molecule has 0 atom stereocenters. The number of ether oxygens (including phenoxy) is 1. The molecule has 0 bridgehead atoms. The van der Waals surface area contributed by atoms with Gasteiger partial charge in [0.2, 0.25) is 5.89 Å². The van der Waals surface area contributed by atoms with Gasteiger partial charge in [-0.2, -0.15) is 0 Å². The molecule has 0 amide bonds. The van der Waals surface area contributed by atoms with E-state index in [2.05, 4.69) is 10.1 Å². The number of esters is 1. The van der Waals surface area contributed by atoms with Crippen molar-refractivity contribution in [3.05, 3.63) is 105 Å².